The second-order valence-electron chi connectivity index (χ2n) is 4.79. The van der Waals surface area contributed by atoms with Gasteiger partial charge in [0.2, 0.25) is 0 Å². The highest BCUT2D eigenvalue weighted by molar-refractivity contribution is 5.98. The number of amides is 1. The van der Waals surface area contributed by atoms with Crippen LogP contribution in [0.15, 0.2) is 24.3 Å². The Morgan fingerprint density at radius 2 is 2.25 bits per heavy atom. The van der Waals surface area contributed by atoms with Crippen molar-refractivity contribution in [1.29, 1.82) is 0 Å². The van der Waals surface area contributed by atoms with Crippen LogP contribution in [0.3, 0.4) is 0 Å². The number of nitrogens with two attached hydrogens (primary N) is 1. The number of nitro groups is 1. The van der Waals surface area contributed by atoms with Gasteiger partial charge in [0.05, 0.1) is 17.6 Å². The van der Waals surface area contributed by atoms with E-state index in [0.717, 1.165) is 0 Å². The predicted molar refractivity (Wildman–Crippen MR) is 72.4 cm³/mol. The maximum Gasteiger partial charge on any atom is 0.282 e. The zero-order chi connectivity index (χ0) is 14.7. The molecule has 1 aliphatic rings. The van der Waals surface area contributed by atoms with Crippen molar-refractivity contribution in [2.45, 2.75) is 19.1 Å². The van der Waals surface area contributed by atoms with Crippen molar-refractivity contribution in [3.63, 3.8) is 0 Å². The standard InChI is InChI=1S/C13H17N3O4/c1-9(14)12-8-15(6-7-20-12)13(17)10-4-2-3-5-11(10)16(18)19/h2-5,9,12H,6-8,14H2,1H3. The molecule has 1 amide bonds. The number of carbonyl (C=O) groups is 1. The maximum atomic E-state index is 12.4. The summed E-state index contributed by atoms with van der Waals surface area (Å²) in [5, 5.41) is 11.0. The number of nitrogens with zero attached hydrogens (tertiary/aromatic N) is 2. The first-order valence-electron chi connectivity index (χ1n) is 6.40. The van der Waals surface area contributed by atoms with Gasteiger partial charge in [-0.2, -0.15) is 0 Å². The fraction of sp³-hybridized carbons (Fsp3) is 0.462. The van der Waals surface area contributed by atoms with Gasteiger partial charge in [-0.25, -0.2) is 0 Å². The fourth-order valence-corrected chi connectivity index (χ4v) is 2.16. The smallest absolute Gasteiger partial charge is 0.282 e. The molecule has 0 radical (unpaired) electrons. The summed E-state index contributed by atoms with van der Waals surface area (Å²) in [6.07, 6.45) is -0.240. The van der Waals surface area contributed by atoms with Crippen molar-refractivity contribution in [2.75, 3.05) is 19.7 Å². The Kier molecular flexibility index (Phi) is 4.31. The number of ether oxygens (including phenoxy) is 1. The highest BCUT2D eigenvalue weighted by Crippen LogP contribution is 2.21. The predicted octanol–water partition coefficient (Wildman–Crippen LogP) is 0.783. The van der Waals surface area contributed by atoms with E-state index in [0.29, 0.717) is 19.7 Å². The Morgan fingerprint density at radius 1 is 1.55 bits per heavy atom. The van der Waals surface area contributed by atoms with Crippen LogP contribution in [0.2, 0.25) is 0 Å². The van der Waals surface area contributed by atoms with E-state index in [4.69, 9.17) is 10.5 Å². The van der Waals surface area contributed by atoms with Crippen LogP contribution in [0.25, 0.3) is 0 Å². The number of carbonyl (C=O) groups excluding carboxylic acids is 1. The molecule has 1 heterocycles. The lowest BCUT2D eigenvalue weighted by Crippen LogP contribution is -2.51. The average molecular weight is 279 g/mol. The van der Waals surface area contributed by atoms with E-state index in [1.54, 1.807) is 17.0 Å². The van der Waals surface area contributed by atoms with Crippen molar-refractivity contribution < 1.29 is 14.5 Å². The lowest BCUT2D eigenvalue weighted by molar-refractivity contribution is -0.385. The van der Waals surface area contributed by atoms with Gasteiger partial charge in [-0.1, -0.05) is 12.1 Å². The first-order valence-corrected chi connectivity index (χ1v) is 6.40. The van der Waals surface area contributed by atoms with Gasteiger partial charge in [-0.05, 0) is 13.0 Å². The molecule has 0 spiro atoms. The van der Waals surface area contributed by atoms with Crippen LogP contribution in [-0.2, 0) is 4.74 Å². The van der Waals surface area contributed by atoms with Crippen molar-refractivity contribution in [2.24, 2.45) is 5.73 Å². The summed E-state index contributed by atoms with van der Waals surface area (Å²) in [6, 6.07) is 5.76. The molecule has 1 aliphatic heterocycles. The number of benzene rings is 1. The Morgan fingerprint density at radius 3 is 2.90 bits per heavy atom. The molecule has 1 aromatic rings. The van der Waals surface area contributed by atoms with Crippen LogP contribution < -0.4 is 5.73 Å². The molecule has 2 atom stereocenters. The van der Waals surface area contributed by atoms with Crippen LogP contribution in [0.1, 0.15) is 17.3 Å². The van der Waals surface area contributed by atoms with E-state index < -0.39 is 4.92 Å². The Bertz CT molecular complexity index is 518. The molecule has 2 N–H and O–H groups in total. The molecule has 1 fully saturated rings. The van der Waals surface area contributed by atoms with Gasteiger partial charge in [-0.15, -0.1) is 0 Å². The van der Waals surface area contributed by atoms with E-state index in [1.165, 1.54) is 12.1 Å². The summed E-state index contributed by atoms with van der Waals surface area (Å²) in [7, 11) is 0. The normalized spacial score (nSPS) is 20.5. The first-order chi connectivity index (χ1) is 9.50. The van der Waals surface area contributed by atoms with Crippen molar-refractivity contribution in [3.8, 4) is 0 Å². The summed E-state index contributed by atoms with van der Waals surface area (Å²) >= 11 is 0. The highest BCUT2D eigenvalue weighted by Gasteiger charge is 2.30. The molecule has 1 aromatic carbocycles. The van der Waals surface area contributed by atoms with E-state index in [2.05, 4.69) is 0 Å². The van der Waals surface area contributed by atoms with Gasteiger partial charge in [0.25, 0.3) is 11.6 Å². The quantitative estimate of drug-likeness (QED) is 0.651. The van der Waals surface area contributed by atoms with E-state index >= 15 is 0 Å². The third-order valence-corrected chi connectivity index (χ3v) is 3.30. The minimum Gasteiger partial charge on any atom is -0.373 e. The molecule has 0 bridgehead atoms. The Hall–Kier alpha value is -1.99. The third kappa shape index (κ3) is 2.94. The number of para-hydroxylation sites is 1. The summed E-state index contributed by atoms with van der Waals surface area (Å²) in [4.78, 5) is 24.4. The topological polar surface area (TPSA) is 98.7 Å². The van der Waals surface area contributed by atoms with Gasteiger partial charge in [-0.3, -0.25) is 14.9 Å². The molecule has 7 heteroatoms. The Balaban J connectivity index is 2.21. The minimum atomic E-state index is -0.545. The molecular formula is C13H17N3O4. The molecule has 20 heavy (non-hydrogen) atoms. The van der Waals surface area contributed by atoms with E-state index in [1.807, 2.05) is 6.92 Å². The summed E-state index contributed by atoms with van der Waals surface area (Å²) in [5.74, 6) is -0.355. The largest absolute Gasteiger partial charge is 0.373 e. The molecule has 0 aromatic heterocycles. The molecule has 0 saturated carbocycles. The molecule has 0 aliphatic carbocycles. The summed E-state index contributed by atoms with van der Waals surface area (Å²) < 4.78 is 5.48. The zero-order valence-electron chi connectivity index (χ0n) is 11.2. The lowest BCUT2D eigenvalue weighted by atomic mass is 10.1. The minimum absolute atomic E-state index is 0.0998. The number of rotatable bonds is 3. The molecule has 7 nitrogen and oxygen atoms in total. The van der Waals surface area contributed by atoms with Gasteiger partial charge < -0.3 is 15.4 Å². The number of nitro benzene ring substituents is 1. The lowest BCUT2D eigenvalue weighted by Gasteiger charge is -2.34. The second-order valence-corrected chi connectivity index (χ2v) is 4.79. The van der Waals surface area contributed by atoms with Crippen molar-refractivity contribution >= 4 is 11.6 Å². The third-order valence-electron chi connectivity index (χ3n) is 3.30. The molecular weight excluding hydrogens is 262 g/mol. The highest BCUT2D eigenvalue weighted by atomic mass is 16.6. The van der Waals surface area contributed by atoms with Gasteiger partial charge >= 0.3 is 0 Å². The van der Waals surface area contributed by atoms with Crippen molar-refractivity contribution in [1.82, 2.24) is 4.90 Å². The summed E-state index contributed by atoms with van der Waals surface area (Å²) in [6.45, 7) is 2.96. The van der Waals surface area contributed by atoms with E-state index in [9.17, 15) is 14.9 Å². The van der Waals surface area contributed by atoms with Crippen LogP contribution in [-0.4, -0.2) is 47.6 Å². The van der Waals surface area contributed by atoms with Gasteiger partial charge in [0.15, 0.2) is 0 Å². The Labute approximate surface area is 116 Å². The number of hydrogen-bond acceptors (Lipinski definition) is 5. The number of hydrogen-bond donors (Lipinski definition) is 1. The van der Waals surface area contributed by atoms with Gasteiger partial charge in [0.1, 0.15) is 5.56 Å². The van der Waals surface area contributed by atoms with Crippen LogP contribution >= 0.6 is 0 Å². The monoisotopic (exact) mass is 279 g/mol. The second kappa shape index (κ2) is 5.98. The summed E-state index contributed by atoms with van der Waals surface area (Å²) in [5.41, 5.74) is 5.70. The SMILES string of the molecule is CC(N)C1CN(C(=O)c2ccccc2[N+](=O)[O-])CCO1. The molecule has 2 rings (SSSR count). The van der Waals surface area contributed by atoms with E-state index in [-0.39, 0.29) is 29.3 Å². The van der Waals surface area contributed by atoms with Crippen LogP contribution in [0.5, 0.6) is 0 Å². The zero-order valence-corrected chi connectivity index (χ0v) is 11.2. The van der Waals surface area contributed by atoms with Crippen LogP contribution in [0.4, 0.5) is 5.69 Å². The molecule has 2 unspecified atom stereocenters. The fourth-order valence-electron chi connectivity index (χ4n) is 2.16. The van der Waals surface area contributed by atoms with Crippen LogP contribution in [0, 0.1) is 10.1 Å². The average Bonchev–Trinajstić information content (AvgIpc) is 2.46. The first kappa shape index (κ1) is 14.4. The molecule has 108 valence electrons. The molecule has 1 saturated heterocycles. The van der Waals surface area contributed by atoms with Gasteiger partial charge in [0, 0.05) is 25.2 Å². The maximum absolute atomic E-state index is 12.4. The van der Waals surface area contributed by atoms with Crippen molar-refractivity contribution in [3.05, 3.63) is 39.9 Å². The number of morpholine rings is 1.